The van der Waals surface area contributed by atoms with Crippen molar-refractivity contribution in [3.8, 4) is 0 Å². The predicted molar refractivity (Wildman–Crippen MR) is 56.7 cm³/mol. The van der Waals surface area contributed by atoms with Gasteiger partial charge in [0.05, 0.1) is 0 Å². The molecule has 16 heavy (non-hydrogen) atoms. The summed E-state index contributed by atoms with van der Waals surface area (Å²) in [4.78, 5) is 20.5. The Balaban J connectivity index is 0.00000128. The van der Waals surface area contributed by atoms with Gasteiger partial charge in [-0.25, -0.2) is 9.97 Å². The fourth-order valence-electron chi connectivity index (χ4n) is 1.22. The minimum atomic E-state index is 0. The van der Waals surface area contributed by atoms with Crippen LogP contribution in [0.4, 0.5) is 11.6 Å². The molecule has 0 atom stereocenters. The smallest absolute Gasteiger partial charge is 0.278 e. The molecule has 0 fully saturated rings. The Morgan fingerprint density at radius 3 is 1.75 bits per heavy atom. The molecule has 0 unspecified atom stereocenters. The standard InChI is InChI=1S/C11H9N3O.Au/c15-9-14(10-5-1-3-7-12-10)11-6-2-4-8-13-11;/h1-9H;/q;+3. The summed E-state index contributed by atoms with van der Waals surface area (Å²) in [7, 11) is 0. The summed E-state index contributed by atoms with van der Waals surface area (Å²) < 4.78 is 0. The molecule has 0 aromatic carbocycles. The van der Waals surface area contributed by atoms with Crippen molar-refractivity contribution >= 4 is 18.0 Å². The quantitative estimate of drug-likeness (QED) is 0.587. The molecular formula is C11H9AuN3O+3. The molecule has 0 bridgehead atoms. The topological polar surface area (TPSA) is 46.1 Å². The molecule has 0 saturated carbocycles. The molecule has 0 N–H and O–H groups in total. The summed E-state index contributed by atoms with van der Waals surface area (Å²) in [6.07, 6.45) is 3.97. The summed E-state index contributed by atoms with van der Waals surface area (Å²) in [6.45, 7) is 0. The van der Waals surface area contributed by atoms with Gasteiger partial charge in [0, 0.05) is 12.4 Å². The van der Waals surface area contributed by atoms with Gasteiger partial charge in [-0.05, 0) is 24.3 Å². The van der Waals surface area contributed by atoms with E-state index < -0.39 is 0 Å². The first-order valence-corrected chi connectivity index (χ1v) is 4.48. The van der Waals surface area contributed by atoms with Crippen LogP contribution in [0.5, 0.6) is 0 Å². The van der Waals surface area contributed by atoms with Crippen LogP contribution < -0.4 is 4.90 Å². The van der Waals surface area contributed by atoms with Crippen molar-refractivity contribution < 1.29 is 27.2 Å². The molecule has 0 radical (unpaired) electrons. The Morgan fingerprint density at radius 2 is 1.44 bits per heavy atom. The van der Waals surface area contributed by atoms with Gasteiger partial charge in [-0.15, -0.1) is 0 Å². The SMILES string of the molecule is O=CN(c1ccccn1)c1ccccn1.[Au+3]. The van der Waals surface area contributed by atoms with Crippen molar-refractivity contribution in [1.29, 1.82) is 0 Å². The molecule has 1 amide bonds. The van der Waals surface area contributed by atoms with Crippen LogP contribution in [0, 0.1) is 0 Å². The zero-order chi connectivity index (χ0) is 10.5. The third kappa shape index (κ3) is 2.76. The molecule has 2 aromatic rings. The van der Waals surface area contributed by atoms with Crippen molar-refractivity contribution in [3.05, 3.63) is 48.8 Å². The largest absolute Gasteiger partial charge is 3.00 e. The normalized spacial score (nSPS) is 9.00. The van der Waals surface area contributed by atoms with Gasteiger partial charge in [-0.3, -0.25) is 9.69 Å². The van der Waals surface area contributed by atoms with Crippen LogP contribution in [0.1, 0.15) is 0 Å². The number of hydrogen-bond acceptors (Lipinski definition) is 3. The van der Waals surface area contributed by atoms with Crippen LogP contribution in [0.2, 0.25) is 0 Å². The molecule has 0 aliphatic rings. The maximum atomic E-state index is 11.0. The van der Waals surface area contributed by atoms with Crippen molar-refractivity contribution in [3.63, 3.8) is 0 Å². The molecular weight excluding hydrogens is 387 g/mol. The monoisotopic (exact) mass is 396 g/mol. The number of carbonyl (C=O) groups is 1. The minimum absolute atomic E-state index is 0. The maximum Gasteiger partial charge on any atom is 3.00 e. The van der Waals surface area contributed by atoms with E-state index >= 15 is 0 Å². The summed E-state index contributed by atoms with van der Waals surface area (Å²) in [6, 6.07) is 10.7. The second-order valence-corrected chi connectivity index (χ2v) is 2.85. The third-order valence-electron chi connectivity index (χ3n) is 1.90. The van der Waals surface area contributed by atoms with Gasteiger partial charge < -0.3 is 0 Å². The number of nitrogens with zero attached hydrogens (tertiary/aromatic N) is 3. The van der Waals surface area contributed by atoms with Gasteiger partial charge in [-0.1, -0.05) is 12.1 Å². The van der Waals surface area contributed by atoms with Crippen LogP contribution in [0.15, 0.2) is 48.8 Å². The van der Waals surface area contributed by atoms with Crippen LogP contribution in [0.25, 0.3) is 0 Å². The minimum Gasteiger partial charge on any atom is -0.278 e. The Bertz CT molecular complexity index is 396. The number of carbonyl (C=O) groups excluding carboxylic acids is 1. The van der Waals surface area contributed by atoms with Gasteiger partial charge in [0.15, 0.2) is 0 Å². The Labute approximate surface area is 109 Å². The molecule has 2 aromatic heterocycles. The fourth-order valence-corrected chi connectivity index (χ4v) is 1.22. The zero-order valence-corrected chi connectivity index (χ0v) is 10.4. The number of rotatable bonds is 3. The van der Waals surface area contributed by atoms with E-state index in [4.69, 9.17) is 0 Å². The summed E-state index contributed by atoms with van der Waals surface area (Å²) >= 11 is 0. The van der Waals surface area contributed by atoms with Crippen molar-refractivity contribution in [2.75, 3.05) is 4.90 Å². The fraction of sp³-hybridized carbons (Fsp3) is 0. The van der Waals surface area contributed by atoms with Gasteiger partial charge in [0.25, 0.3) is 0 Å². The van der Waals surface area contributed by atoms with Gasteiger partial charge in [-0.2, -0.15) is 0 Å². The number of amides is 1. The molecule has 0 aliphatic carbocycles. The van der Waals surface area contributed by atoms with Crippen LogP contribution in [-0.4, -0.2) is 16.4 Å². The number of hydrogen-bond donors (Lipinski definition) is 0. The molecule has 0 saturated heterocycles. The van der Waals surface area contributed by atoms with E-state index in [1.807, 2.05) is 12.1 Å². The van der Waals surface area contributed by atoms with E-state index in [-0.39, 0.29) is 22.4 Å². The van der Waals surface area contributed by atoms with Crippen LogP contribution >= 0.6 is 0 Å². The third-order valence-corrected chi connectivity index (χ3v) is 1.90. The van der Waals surface area contributed by atoms with Crippen molar-refractivity contribution in [2.24, 2.45) is 0 Å². The van der Waals surface area contributed by atoms with E-state index in [0.717, 1.165) is 0 Å². The van der Waals surface area contributed by atoms with Crippen molar-refractivity contribution in [1.82, 2.24) is 9.97 Å². The summed E-state index contributed by atoms with van der Waals surface area (Å²) in [5, 5.41) is 0. The summed E-state index contributed by atoms with van der Waals surface area (Å²) in [5.74, 6) is 1.12. The molecule has 2 heterocycles. The van der Waals surface area contributed by atoms with Crippen LogP contribution in [0.3, 0.4) is 0 Å². The number of anilines is 2. The molecule has 82 valence electrons. The molecule has 4 nitrogen and oxygen atoms in total. The van der Waals surface area contributed by atoms with E-state index in [1.165, 1.54) is 4.90 Å². The maximum absolute atomic E-state index is 11.0. The average molecular weight is 396 g/mol. The Hall–Kier alpha value is -1.49. The summed E-state index contributed by atoms with van der Waals surface area (Å²) in [5.41, 5.74) is 0. The first kappa shape index (κ1) is 12.6. The first-order valence-electron chi connectivity index (χ1n) is 4.48. The Morgan fingerprint density at radius 1 is 0.938 bits per heavy atom. The van der Waals surface area contributed by atoms with Crippen molar-refractivity contribution in [2.45, 2.75) is 0 Å². The molecule has 0 spiro atoms. The number of aromatic nitrogens is 2. The first-order chi connectivity index (χ1) is 7.42. The average Bonchev–Trinajstić information content (AvgIpc) is 2.33. The van der Waals surface area contributed by atoms with Gasteiger partial charge in [0.1, 0.15) is 11.6 Å². The van der Waals surface area contributed by atoms with Gasteiger partial charge >= 0.3 is 22.4 Å². The van der Waals surface area contributed by atoms with E-state index in [9.17, 15) is 4.79 Å². The van der Waals surface area contributed by atoms with E-state index in [2.05, 4.69) is 9.97 Å². The van der Waals surface area contributed by atoms with Gasteiger partial charge in [0.2, 0.25) is 6.41 Å². The predicted octanol–water partition coefficient (Wildman–Crippen LogP) is 1.77. The molecule has 5 heteroatoms. The van der Waals surface area contributed by atoms with Crippen LogP contribution in [-0.2, 0) is 27.2 Å². The number of pyridine rings is 2. The molecule has 2 rings (SSSR count). The van der Waals surface area contributed by atoms with E-state index in [0.29, 0.717) is 18.0 Å². The van der Waals surface area contributed by atoms with E-state index in [1.54, 1.807) is 36.7 Å². The second kappa shape index (κ2) is 6.17. The molecule has 0 aliphatic heterocycles. The Kier molecular flexibility index (Phi) is 4.85. The second-order valence-electron chi connectivity index (χ2n) is 2.85. The zero-order valence-electron chi connectivity index (χ0n) is 8.25.